The second-order valence-corrected chi connectivity index (χ2v) is 7.27. The lowest BCUT2D eigenvalue weighted by Crippen LogP contribution is -2.29. The number of anilines is 1. The molecule has 3 aromatic rings. The molecule has 2 aromatic carbocycles. The van der Waals surface area contributed by atoms with Crippen LogP contribution in [0.5, 0.6) is 5.75 Å². The smallest absolute Gasteiger partial charge is 0.255 e. The van der Waals surface area contributed by atoms with Crippen LogP contribution >= 0.6 is 0 Å². The number of phenolic OH excluding ortho intramolecular Hbond substituents is 1. The largest absolute Gasteiger partial charge is 0.508 e. The number of pyridine rings is 1. The number of carbonyl (C=O) groups excluding carboxylic acids is 1. The zero-order valence-electron chi connectivity index (χ0n) is 15.9. The van der Waals surface area contributed by atoms with E-state index in [1.165, 1.54) is 0 Å². The summed E-state index contributed by atoms with van der Waals surface area (Å²) in [5.41, 5.74) is 2.73. The van der Waals surface area contributed by atoms with Crippen LogP contribution in [-0.4, -0.2) is 35.6 Å². The summed E-state index contributed by atoms with van der Waals surface area (Å²) in [5, 5.41) is 13.4. The van der Waals surface area contributed by atoms with Crippen LogP contribution in [0.4, 0.5) is 5.82 Å². The molecule has 0 radical (unpaired) electrons. The van der Waals surface area contributed by atoms with E-state index in [4.69, 9.17) is 4.98 Å². The number of aromatic hydroxyl groups is 1. The maximum absolute atomic E-state index is 12.9. The van der Waals surface area contributed by atoms with Gasteiger partial charge in [0.15, 0.2) is 0 Å². The number of hydrogen-bond acceptors (Lipinski definition) is 4. The van der Waals surface area contributed by atoms with Gasteiger partial charge in [-0.1, -0.05) is 30.3 Å². The molecule has 144 valence electrons. The van der Waals surface area contributed by atoms with Crippen molar-refractivity contribution in [3.63, 3.8) is 0 Å². The van der Waals surface area contributed by atoms with E-state index in [1.807, 2.05) is 42.5 Å². The minimum absolute atomic E-state index is 0.0640. The topological polar surface area (TPSA) is 65.5 Å². The highest BCUT2D eigenvalue weighted by molar-refractivity contribution is 6.02. The molecule has 0 bridgehead atoms. The van der Waals surface area contributed by atoms with Gasteiger partial charge in [0.05, 0.1) is 11.1 Å². The van der Waals surface area contributed by atoms with Crippen LogP contribution in [0.3, 0.4) is 0 Å². The number of nitrogens with one attached hydrogen (secondary N) is 1. The molecule has 0 aliphatic carbocycles. The maximum atomic E-state index is 12.9. The number of nitrogens with zero attached hydrogens (tertiary/aromatic N) is 2. The highest BCUT2D eigenvalue weighted by Crippen LogP contribution is 2.26. The Hall–Kier alpha value is -3.08. The first kappa shape index (κ1) is 18.3. The quantitative estimate of drug-likeness (QED) is 0.641. The van der Waals surface area contributed by atoms with E-state index < -0.39 is 0 Å². The number of rotatable bonds is 6. The van der Waals surface area contributed by atoms with E-state index in [0.717, 1.165) is 61.1 Å². The molecule has 5 nitrogen and oxygen atoms in total. The fourth-order valence-electron chi connectivity index (χ4n) is 3.70. The van der Waals surface area contributed by atoms with Crippen LogP contribution in [0.15, 0.2) is 54.6 Å². The molecule has 28 heavy (non-hydrogen) atoms. The first-order valence-electron chi connectivity index (χ1n) is 9.91. The fraction of sp³-hybridized carbons (Fsp3) is 0.304. The summed E-state index contributed by atoms with van der Waals surface area (Å²) in [6, 6.07) is 17.1. The highest BCUT2D eigenvalue weighted by Gasteiger charge is 2.21. The second-order valence-electron chi connectivity index (χ2n) is 7.27. The number of carbonyl (C=O) groups is 1. The lowest BCUT2D eigenvalue weighted by Gasteiger charge is -2.20. The monoisotopic (exact) mass is 375 g/mol. The SMILES string of the molecule is O=C(NCCCc1ccc(O)cc1)c1cc2ccccc2nc1N1CCCC1. The minimum Gasteiger partial charge on any atom is -0.508 e. The number of aryl methyl sites for hydroxylation is 1. The predicted octanol–water partition coefficient (Wildman–Crippen LogP) is 3.90. The van der Waals surface area contributed by atoms with E-state index in [1.54, 1.807) is 12.1 Å². The standard InChI is InChI=1S/C23H25N3O2/c27-19-11-9-17(10-12-19)6-5-13-24-23(28)20-16-18-7-1-2-8-21(18)25-22(20)26-14-3-4-15-26/h1-2,7-12,16,27H,3-6,13-15H2,(H,24,28). The Bertz CT molecular complexity index is 963. The molecule has 1 amide bonds. The van der Waals surface area contributed by atoms with Crippen molar-refractivity contribution < 1.29 is 9.90 Å². The minimum atomic E-state index is -0.0640. The van der Waals surface area contributed by atoms with Crippen molar-refractivity contribution in [1.29, 1.82) is 0 Å². The summed E-state index contributed by atoms with van der Waals surface area (Å²) in [4.78, 5) is 19.9. The van der Waals surface area contributed by atoms with Gasteiger partial charge in [0.25, 0.3) is 5.91 Å². The van der Waals surface area contributed by atoms with Crippen molar-refractivity contribution in [3.8, 4) is 5.75 Å². The van der Waals surface area contributed by atoms with Gasteiger partial charge in [0.1, 0.15) is 11.6 Å². The molecule has 2 heterocycles. The van der Waals surface area contributed by atoms with Gasteiger partial charge in [0.2, 0.25) is 0 Å². The third-order valence-electron chi connectivity index (χ3n) is 5.22. The summed E-state index contributed by atoms with van der Waals surface area (Å²) >= 11 is 0. The van der Waals surface area contributed by atoms with E-state index in [0.29, 0.717) is 12.1 Å². The molecule has 0 spiro atoms. The Balaban J connectivity index is 1.46. The van der Waals surface area contributed by atoms with Crippen LogP contribution in [0.1, 0.15) is 35.2 Å². The van der Waals surface area contributed by atoms with Crippen molar-refractivity contribution in [3.05, 3.63) is 65.7 Å². The zero-order chi connectivity index (χ0) is 19.3. The van der Waals surface area contributed by atoms with Crippen molar-refractivity contribution >= 4 is 22.6 Å². The Morgan fingerprint density at radius 3 is 2.61 bits per heavy atom. The van der Waals surface area contributed by atoms with Gasteiger partial charge in [-0.25, -0.2) is 4.98 Å². The Morgan fingerprint density at radius 2 is 1.82 bits per heavy atom. The number of fused-ring (bicyclic) bond motifs is 1. The lowest BCUT2D eigenvalue weighted by molar-refractivity contribution is 0.0953. The molecular weight excluding hydrogens is 350 g/mol. The molecule has 1 fully saturated rings. The van der Waals surface area contributed by atoms with Crippen molar-refractivity contribution in [2.75, 3.05) is 24.5 Å². The molecule has 1 aliphatic rings. The maximum Gasteiger partial charge on any atom is 0.255 e. The van der Waals surface area contributed by atoms with Crippen LogP contribution in [-0.2, 0) is 6.42 Å². The number of amides is 1. The van der Waals surface area contributed by atoms with Gasteiger partial charge in [0, 0.05) is 25.0 Å². The summed E-state index contributed by atoms with van der Waals surface area (Å²) < 4.78 is 0. The summed E-state index contributed by atoms with van der Waals surface area (Å²) in [7, 11) is 0. The molecule has 4 rings (SSSR count). The average Bonchev–Trinajstić information content (AvgIpc) is 3.26. The molecular formula is C23H25N3O2. The molecule has 1 saturated heterocycles. The summed E-state index contributed by atoms with van der Waals surface area (Å²) in [6.07, 6.45) is 3.98. The molecule has 1 aromatic heterocycles. The number of aromatic nitrogens is 1. The van der Waals surface area contributed by atoms with Gasteiger partial charge in [-0.05, 0) is 55.5 Å². The van der Waals surface area contributed by atoms with Crippen molar-refractivity contribution in [1.82, 2.24) is 10.3 Å². The third-order valence-corrected chi connectivity index (χ3v) is 5.22. The van der Waals surface area contributed by atoms with Crippen LogP contribution in [0.25, 0.3) is 10.9 Å². The Labute approximate surface area is 165 Å². The summed E-state index contributed by atoms with van der Waals surface area (Å²) in [6.45, 7) is 2.50. The first-order chi connectivity index (χ1) is 13.7. The van der Waals surface area contributed by atoms with Crippen molar-refractivity contribution in [2.45, 2.75) is 25.7 Å². The van der Waals surface area contributed by atoms with E-state index in [9.17, 15) is 9.90 Å². The van der Waals surface area contributed by atoms with Crippen LogP contribution in [0.2, 0.25) is 0 Å². The fourth-order valence-corrected chi connectivity index (χ4v) is 3.70. The molecule has 0 saturated carbocycles. The van der Waals surface area contributed by atoms with Gasteiger partial charge < -0.3 is 15.3 Å². The number of benzene rings is 2. The van der Waals surface area contributed by atoms with Crippen molar-refractivity contribution in [2.24, 2.45) is 0 Å². The normalized spacial score (nSPS) is 13.8. The zero-order valence-corrected chi connectivity index (χ0v) is 15.9. The first-order valence-corrected chi connectivity index (χ1v) is 9.91. The molecule has 0 unspecified atom stereocenters. The molecule has 2 N–H and O–H groups in total. The van der Waals surface area contributed by atoms with E-state index in [-0.39, 0.29) is 11.7 Å². The van der Waals surface area contributed by atoms with E-state index >= 15 is 0 Å². The molecule has 5 heteroatoms. The highest BCUT2D eigenvalue weighted by atomic mass is 16.3. The van der Waals surface area contributed by atoms with Crippen LogP contribution < -0.4 is 10.2 Å². The van der Waals surface area contributed by atoms with Gasteiger partial charge in [-0.2, -0.15) is 0 Å². The van der Waals surface area contributed by atoms with Gasteiger partial charge in [-0.3, -0.25) is 4.79 Å². The number of para-hydroxylation sites is 1. The lowest BCUT2D eigenvalue weighted by atomic mass is 10.1. The molecule has 0 atom stereocenters. The Morgan fingerprint density at radius 1 is 1.07 bits per heavy atom. The van der Waals surface area contributed by atoms with E-state index in [2.05, 4.69) is 10.2 Å². The number of hydrogen-bond donors (Lipinski definition) is 2. The van der Waals surface area contributed by atoms with Gasteiger partial charge >= 0.3 is 0 Å². The third kappa shape index (κ3) is 4.09. The number of phenols is 1. The predicted molar refractivity (Wildman–Crippen MR) is 112 cm³/mol. The van der Waals surface area contributed by atoms with Gasteiger partial charge in [-0.15, -0.1) is 0 Å². The average molecular weight is 375 g/mol. The Kier molecular flexibility index (Phi) is 5.42. The van der Waals surface area contributed by atoms with Crippen LogP contribution in [0, 0.1) is 0 Å². The second kappa shape index (κ2) is 8.30. The molecule has 1 aliphatic heterocycles. The summed E-state index contributed by atoms with van der Waals surface area (Å²) in [5.74, 6) is 1.01.